The molecule has 1 aromatic rings. The van der Waals surface area contributed by atoms with E-state index in [1.165, 1.54) is 6.07 Å². The number of halogens is 3. The summed E-state index contributed by atoms with van der Waals surface area (Å²) in [5, 5.41) is 3.22. The van der Waals surface area contributed by atoms with E-state index in [1.807, 2.05) is 0 Å². The van der Waals surface area contributed by atoms with Crippen LogP contribution in [0.25, 0.3) is 0 Å². The molecule has 0 saturated carbocycles. The van der Waals surface area contributed by atoms with Gasteiger partial charge in [0.25, 0.3) is 0 Å². The number of hydrogen-bond donors (Lipinski definition) is 2. The van der Waals surface area contributed by atoms with Crippen molar-refractivity contribution in [1.82, 2.24) is 10.2 Å². The van der Waals surface area contributed by atoms with Gasteiger partial charge in [0.1, 0.15) is 6.04 Å². The molecule has 106 valence electrons. The topological polar surface area (TPSA) is 41.3 Å². The summed E-state index contributed by atoms with van der Waals surface area (Å²) in [6.07, 6.45) is -4.40. The van der Waals surface area contributed by atoms with E-state index in [1.54, 1.807) is 18.2 Å². The minimum Gasteiger partial charge on any atom is -0.316 e. The van der Waals surface area contributed by atoms with Gasteiger partial charge in [-0.15, -0.1) is 0 Å². The number of nitrogens with two attached hydrogens (primary N) is 1. The number of hydrogen-bond acceptors (Lipinski definition) is 3. The van der Waals surface area contributed by atoms with Crippen LogP contribution in [0.2, 0.25) is 0 Å². The van der Waals surface area contributed by atoms with Crippen molar-refractivity contribution in [2.24, 2.45) is 5.73 Å². The van der Waals surface area contributed by atoms with Crippen LogP contribution < -0.4 is 11.1 Å². The standard InChI is InChI=1S/C13H18F3N3/c14-13(15,16)12(17)11-4-2-1-3-10(11)9-19-7-5-18-6-8-19/h1-4,12,18H,5-9,17H2/t12-/m1/s1. The lowest BCUT2D eigenvalue weighted by molar-refractivity contribution is -0.149. The monoisotopic (exact) mass is 273 g/mol. The van der Waals surface area contributed by atoms with Crippen LogP contribution in [0.15, 0.2) is 24.3 Å². The first-order chi connectivity index (χ1) is 8.98. The van der Waals surface area contributed by atoms with Gasteiger partial charge in [0, 0.05) is 32.7 Å². The van der Waals surface area contributed by atoms with Crippen LogP contribution >= 0.6 is 0 Å². The Morgan fingerprint density at radius 3 is 2.47 bits per heavy atom. The van der Waals surface area contributed by atoms with E-state index in [9.17, 15) is 13.2 Å². The molecule has 3 N–H and O–H groups in total. The smallest absolute Gasteiger partial charge is 0.316 e. The fourth-order valence-corrected chi connectivity index (χ4v) is 2.27. The summed E-state index contributed by atoms with van der Waals surface area (Å²) in [6.45, 7) is 3.94. The van der Waals surface area contributed by atoms with Crippen molar-refractivity contribution >= 4 is 0 Å². The lowest BCUT2D eigenvalue weighted by atomic mass is 10.00. The molecule has 1 heterocycles. The Hall–Kier alpha value is -1.11. The van der Waals surface area contributed by atoms with Gasteiger partial charge in [-0.1, -0.05) is 24.3 Å². The Morgan fingerprint density at radius 1 is 1.21 bits per heavy atom. The first kappa shape index (κ1) is 14.3. The molecule has 0 radical (unpaired) electrons. The van der Waals surface area contributed by atoms with Crippen LogP contribution in [-0.4, -0.2) is 37.3 Å². The van der Waals surface area contributed by atoms with Crippen LogP contribution in [0.3, 0.4) is 0 Å². The average molecular weight is 273 g/mol. The van der Waals surface area contributed by atoms with Crippen molar-refractivity contribution in [3.8, 4) is 0 Å². The fraction of sp³-hybridized carbons (Fsp3) is 0.538. The molecule has 1 fully saturated rings. The van der Waals surface area contributed by atoms with E-state index in [0.29, 0.717) is 12.1 Å². The molecule has 0 spiro atoms. The van der Waals surface area contributed by atoms with Crippen molar-refractivity contribution in [2.45, 2.75) is 18.8 Å². The third-order valence-electron chi connectivity index (χ3n) is 3.35. The van der Waals surface area contributed by atoms with E-state index >= 15 is 0 Å². The van der Waals surface area contributed by atoms with E-state index in [0.717, 1.165) is 26.2 Å². The predicted octanol–water partition coefficient (Wildman–Crippen LogP) is 1.65. The van der Waals surface area contributed by atoms with Gasteiger partial charge < -0.3 is 11.1 Å². The Kier molecular flexibility index (Phi) is 4.44. The van der Waals surface area contributed by atoms with Crippen molar-refractivity contribution < 1.29 is 13.2 Å². The summed E-state index contributed by atoms with van der Waals surface area (Å²) < 4.78 is 38.2. The maximum absolute atomic E-state index is 12.7. The van der Waals surface area contributed by atoms with E-state index in [2.05, 4.69) is 10.2 Å². The summed E-state index contributed by atoms with van der Waals surface area (Å²) in [4.78, 5) is 2.14. The zero-order valence-electron chi connectivity index (χ0n) is 10.6. The van der Waals surface area contributed by atoms with E-state index in [4.69, 9.17) is 5.73 Å². The third kappa shape index (κ3) is 3.68. The molecule has 3 nitrogen and oxygen atoms in total. The Labute approximate surface area is 110 Å². The molecule has 1 aliphatic heterocycles. The van der Waals surface area contributed by atoms with Gasteiger partial charge >= 0.3 is 6.18 Å². The highest BCUT2D eigenvalue weighted by molar-refractivity contribution is 5.30. The highest BCUT2D eigenvalue weighted by Crippen LogP contribution is 2.32. The van der Waals surface area contributed by atoms with Crippen LogP contribution in [0.1, 0.15) is 17.2 Å². The van der Waals surface area contributed by atoms with Crippen LogP contribution in [0.4, 0.5) is 13.2 Å². The van der Waals surface area contributed by atoms with Crippen molar-refractivity contribution in [3.05, 3.63) is 35.4 Å². The lowest BCUT2D eigenvalue weighted by Crippen LogP contribution is -2.43. The normalized spacial score (nSPS) is 19.4. The van der Waals surface area contributed by atoms with Gasteiger partial charge in [-0.3, -0.25) is 4.90 Å². The molecular weight excluding hydrogens is 255 g/mol. The Morgan fingerprint density at radius 2 is 1.84 bits per heavy atom. The van der Waals surface area contributed by atoms with Crippen molar-refractivity contribution in [3.63, 3.8) is 0 Å². The zero-order chi connectivity index (χ0) is 13.9. The second-order valence-electron chi connectivity index (χ2n) is 4.74. The quantitative estimate of drug-likeness (QED) is 0.880. The first-order valence-electron chi connectivity index (χ1n) is 6.31. The lowest BCUT2D eigenvalue weighted by Gasteiger charge is -2.29. The van der Waals surface area contributed by atoms with Gasteiger partial charge in [0.05, 0.1) is 0 Å². The van der Waals surface area contributed by atoms with Gasteiger partial charge in [0.2, 0.25) is 0 Å². The molecular formula is C13H18F3N3. The summed E-state index contributed by atoms with van der Waals surface area (Å²) in [5.41, 5.74) is 6.16. The molecule has 0 amide bonds. The first-order valence-corrected chi connectivity index (χ1v) is 6.31. The zero-order valence-corrected chi connectivity index (χ0v) is 10.6. The summed E-state index contributed by atoms with van der Waals surface area (Å²) in [5.74, 6) is 0. The van der Waals surface area contributed by atoms with Crippen LogP contribution in [-0.2, 0) is 6.54 Å². The van der Waals surface area contributed by atoms with Crippen molar-refractivity contribution in [2.75, 3.05) is 26.2 Å². The molecule has 2 rings (SSSR count). The summed E-state index contributed by atoms with van der Waals surface area (Å²) >= 11 is 0. The summed E-state index contributed by atoms with van der Waals surface area (Å²) in [6, 6.07) is 4.64. The Bertz CT molecular complexity index is 414. The SMILES string of the molecule is N[C@H](c1ccccc1CN1CCNCC1)C(F)(F)F. The summed E-state index contributed by atoms with van der Waals surface area (Å²) in [7, 11) is 0. The van der Waals surface area contributed by atoms with Gasteiger partial charge in [-0.2, -0.15) is 13.2 Å². The minimum absolute atomic E-state index is 0.175. The highest BCUT2D eigenvalue weighted by atomic mass is 19.4. The molecule has 1 atom stereocenters. The van der Waals surface area contributed by atoms with Crippen LogP contribution in [0.5, 0.6) is 0 Å². The molecule has 0 unspecified atom stereocenters. The highest BCUT2D eigenvalue weighted by Gasteiger charge is 2.38. The Balaban J connectivity index is 2.16. The fourth-order valence-electron chi connectivity index (χ4n) is 2.27. The minimum atomic E-state index is -4.40. The molecule has 0 aromatic heterocycles. The third-order valence-corrected chi connectivity index (χ3v) is 3.35. The van der Waals surface area contributed by atoms with Gasteiger partial charge in [-0.25, -0.2) is 0 Å². The molecule has 19 heavy (non-hydrogen) atoms. The molecule has 0 aliphatic carbocycles. The van der Waals surface area contributed by atoms with Crippen molar-refractivity contribution in [1.29, 1.82) is 0 Å². The number of alkyl halides is 3. The number of nitrogens with zero attached hydrogens (tertiary/aromatic N) is 1. The maximum atomic E-state index is 12.7. The molecule has 1 aliphatic rings. The van der Waals surface area contributed by atoms with E-state index < -0.39 is 12.2 Å². The second kappa shape index (κ2) is 5.90. The largest absolute Gasteiger partial charge is 0.407 e. The number of nitrogens with one attached hydrogen (secondary N) is 1. The maximum Gasteiger partial charge on any atom is 0.407 e. The predicted molar refractivity (Wildman–Crippen MR) is 67.6 cm³/mol. The molecule has 0 bridgehead atoms. The van der Waals surface area contributed by atoms with Crippen LogP contribution in [0, 0.1) is 0 Å². The number of benzene rings is 1. The number of rotatable bonds is 3. The van der Waals surface area contributed by atoms with Gasteiger partial charge in [0.15, 0.2) is 0 Å². The molecule has 1 saturated heterocycles. The van der Waals surface area contributed by atoms with Gasteiger partial charge in [-0.05, 0) is 11.1 Å². The second-order valence-corrected chi connectivity index (χ2v) is 4.74. The molecule has 1 aromatic carbocycles. The molecule has 6 heteroatoms. The number of piperazine rings is 1. The average Bonchev–Trinajstić information content (AvgIpc) is 2.39. The van der Waals surface area contributed by atoms with E-state index in [-0.39, 0.29) is 5.56 Å².